The van der Waals surface area contributed by atoms with Crippen LogP contribution >= 0.6 is 25.8 Å². The van der Waals surface area contributed by atoms with E-state index in [4.69, 9.17) is 52.3 Å². The molecule has 0 bridgehead atoms. The lowest BCUT2D eigenvalue weighted by molar-refractivity contribution is -0.0133. The van der Waals surface area contributed by atoms with Crippen LogP contribution in [0.1, 0.15) is 19.8 Å². The van der Waals surface area contributed by atoms with E-state index in [-0.39, 0.29) is 19.3 Å². The molecule has 2 fully saturated rings. The molecule has 2 heterocycles. The summed E-state index contributed by atoms with van der Waals surface area (Å²) >= 11 is 8.84. The first kappa shape index (κ1) is 23.3. The van der Waals surface area contributed by atoms with Gasteiger partial charge < -0.3 is 33.0 Å². The highest BCUT2D eigenvalue weighted by molar-refractivity contribution is 8.44. The molecular formula is C12H23BO9P2S2. The number of aliphatic hydroxyl groups is 1. The highest BCUT2D eigenvalue weighted by Gasteiger charge is 2.40. The van der Waals surface area contributed by atoms with E-state index in [1.165, 1.54) is 7.11 Å². The van der Waals surface area contributed by atoms with Crippen LogP contribution in [0, 0.1) is 0 Å². The van der Waals surface area contributed by atoms with Gasteiger partial charge in [-0.05, 0) is 18.7 Å². The fourth-order valence-electron chi connectivity index (χ4n) is 2.74. The van der Waals surface area contributed by atoms with Crippen LogP contribution in [0.15, 0.2) is 0 Å². The van der Waals surface area contributed by atoms with Gasteiger partial charge >= 0.3 is 13.5 Å². The molecule has 0 aliphatic carbocycles. The molecule has 150 valence electrons. The molecule has 2 rings (SSSR count). The summed E-state index contributed by atoms with van der Waals surface area (Å²) < 4.78 is 43.6. The predicted octanol–water partition coefficient (Wildman–Crippen LogP) is 1.13. The Morgan fingerprint density at radius 1 is 1.31 bits per heavy atom. The van der Waals surface area contributed by atoms with Gasteiger partial charge in [0.15, 0.2) is 0 Å². The minimum absolute atomic E-state index is 0.132. The minimum atomic E-state index is -3.64. The van der Waals surface area contributed by atoms with Crippen LogP contribution in [0.4, 0.5) is 0 Å². The summed E-state index contributed by atoms with van der Waals surface area (Å²) in [6.07, 6.45) is -1.81. The standard InChI is InChI=1S/C12H23BO9P2S2/c1-7-3-9(21-23(15,25)17-2)11(19-7)6-18-24(16,26)22-10-4-8(5-14)20-12(10)13/h7-12,14H,3-6H2,1-2H3,(H,15,25)(H,16,26)/t7-,8-,9?,10-,11+,12+,23?,24?/m0/s1. The maximum atomic E-state index is 11.9. The van der Waals surface area contributed by atoms with E-state index in [1.54, 1.807) is 0 Å². The van der Waals surface area contributed by atoms with E-state index >= 15 is 0 Å². The fraction of sp³-hybridized carbons (Fsp3) is 1.00. The van der Waals surface area contributed by atoms with Crippen LogP contribution in [-0.4, -0.2) is 74.7 Å². The molecule has 0 aromatic rings. The lowest BCUT2D eigenvalue weighted by atomic mass is 9.95. The lowest BCUT2D eigenvalue weighted by Gasteiger charge is -2.25. The molecule has 0 aromatic carbocycles. The van der Waals surface area contributed by atoms with E-state index in [1.807, 2.05) is 6.92 Å². The molecule has 3 unspecified atom stereocenters. The molecule has 2 N–H and O–H groups in total. The van der Waals surface area contributed by atoms with E-state index in [2.05, 4.69) is 12.2 Å². The van der Waals surface area contributed by atoms with Crippen LogP contribution in [0.3, 0.4) is 0 Å². The van der Waals surface area contributed by atoms with Gasteiger partial charge in [0, 0.05) is 26.0 Å². The largest absolute Gasteiger partial charge is 0.394 e. The van der Waals surface area contributed by atoms with Crippen molar-refractivity contribution in [3.05, 3.63) is 0 Å². The van der Waals surface area contributed by atoms with Crippen LogP contribution < -0.4 is 0 Å². The number of hydrogen-bond donors (Lipinski definition) is 3. The van der Waals surface area contributed by atoms with Gasteiger partial charge in [-0.1, -0.05) is 12.2 Å². The summed E-state index contributed by atoms with van der Waals surface area (Å²) in [5, 5.41) is 9.10. The molecular weight excluding hydrogens is 425 g/mol. The number of aliphatic hydroxyl groups excluding tert-OH is 1. The Morgan fingerprint density at radius 2 is 2.00 bits per heavy atom. The Labute approximate surface area is 164 Å². The third kappa shape index (κ3) is 6.79. The summed E-state index contributed by atoms with van der Waals surface area (Å²) in [4.78, 5) is 10.3. The average molecular weight is 448 g/mol. The zero-order chi connectivity index (χ0) is 19.5. The summed E-state index contributed by atoms with van der Waals surface area (Å²) in [7, 11) is 6.97. The van der Waals surface area contributed by atoms with Gasteiger partial charge in [0.2, 0.25) is 0 Å². The molecule has 26 heavy (non-hydrogen) atoms. The zero-order valence-electron chi connectivity index (χ0n) is 14.4. The quantitative estimate of drug-likeness (QED) is 0.270. The van der Waals surface area contributed by atoms with Crippen molar-refractivity contribution >= 4 is 45.4 Å². The molecule has 0 spiro atoms. The van der Waals surface area contributed by atoms with Crippen molar-refractivity contribution in [3.63, 3.8) is 0 Å². The monoisotopic (exact) mass is 448 g/mol. The van der Waals surface area contributed by atoms with Crippen LogP contribution in [0.5, 0.6) is 0 Å². The Balaban J connectivity index is 1.89. The van der Waals surface area contributed by atoms with Gasteiger partial charge in [-0.3, -0.25) is 4.52 Å². The first-order chi connectivity index (χ1) is 12.0. The maximum Gasteiger partial charge on any atom is 0.386 e. The molecule has 0 aromatic heterocycles. The molecule has 9 nitrogen and oxygen atoms in total. The predicted molar refractivity (Wildman–Crippen MR) is 101 cm³/mol. The van der Waals surface area contributed by atoms with Crippen molar-refractivity contribution in [1.82, 2.24) is 0 Å². The van der Waals surface area contributed by atoms with Crippen molar-refractivity contribution in [2.75, 3.05) is 20.3 Å². The van der Waals surface area contributed by atoms with Gasteiger partial charge in [0.25, 0.3) is 0 Å². The summed E-state index contributed by atoms with van der Waals surface area (Å²) in [6, 6.07) is -0.819. The molecule has 0 saturated carbocycles. The summed E-state index contributed by atoms with van der Waals surface area (Å²) in [5.74, 6) is 0. The second kappa shape index (κ2) is 9.65. The highest BCUT2D eigenvalue weighted by atomic mass is 32.7. The van der Waals surface area contributed by atoms with Crippen molar-refractivity contribution in [2.45, 2.75) is 56.3 Å². The molecule has 8 atom stereocenters. The summed E-state index contributed by atoms with van der Waals surface area (Å²) in [6.45, 7) is -5.66. The highest BCUT2D eigenvalue weighted by Crippen LogP contribution is 2.55. The van der Waals surface area contributed by atoms with Crippen molar-refractivity contribution in [1.29, 1.82) is 0 Å². The molecule has 14 heteroatoms. The Bertz CT molecular complexity index is 571. The molecule has 2 radical (unpaired) electrons. The second-order valence-electron chi connectivity index (χ2n) is 6.07. The maximum absolute atomic E-state index is 11.9. The van der Waals surface area contributed by atoms with Crippen molar-refractivity contribution in [2.24, 2.45) is 0 Å². The fourth-order valence-corrected chi connectivity index (χ4v) is 5.21. The van der Waals surface area contributed by atoms with E-state index in [9.17, 15) is 9.46 Å². The van der Waals surface area contributed by atoms with Crippen molar-refractivity contribution in [3.8, 4) is 0 Å². The molecule has 2 saturated heterocycles. The number of ether oxygens (including phenoxy) is 2. The zero-order valence-corrected chi connectivity index (χ0v) is 17.9. The number of hydrogen-bond acceptors (Lipinski definition) is 9. The van der Waals surface area contributed by atoms with Crippen LogP contribution in [0.25, 0.3) is 0 Å². The number of rotatable bonds is 9. The molecule has 0 amide bonds. The Hall–Kier alpha value is 0.975. The SMILES string of the molecule is [B][C@@H]1O[C@H](CO)C[C@@H]1OP(O)(=S)OC[C@H]1O[C@@H](C)CC1OP(=O)(S)OC. The normalized spacial score (nSPS) is 39.6. The Morgan fingerprint density at radius 3 is 2.58 bits per heavy atom. The van der Waals surface area contributed by atoms with Crippen molar-refractivity contribution < 1.29 is 42.1 Å². The third-order valence-corrected chi connectivity index (χ3v) is 7.33. The smallest absolute Gasteiger partial charge is 0.386 e. The van der Waals surface area contributed by atoms with Crippen LogP contribution in [0.2, 0.25) is 0 Å². The Kier molecular flexibility index (Phi) is 8.63. The van der Waals surface area contributed by atoms with E-state index in [0.29, 0.717) is 12.8 Å². The topological polar surface area (TPSA) is 113 Å². The first-order valence-electron chi connectivity index (χ1n) is 7.95. The van der Waals surface area contributed by atoms with Gasteiger partial charge in [-0.15, -0.1) is 0 Å². The summed E-state index contributed by atoms with van der Waals surface area (Å²) in [5.41, 5.74) is 0. The van der Waals surface area contributed by atoms with Gasteiger partial charge in [0.05, 0.1) is 37.6 Å². The average Bonchev–Trinajstić information content (AvgIpc) is 3.07. The number of thiol groups is 1. The minimum Gasteiger partial charge on any atom is -0.394 e. The molecule has 2 aliphatic rings. The van der Waals surface area contributed by atoms with Crippen LogP contribution in [-0.2, 0) is 43.9 Å². The third-order valence-electron chi connectivity index (χ3n) is 3.97. The van der Waals surface area contributed by atoms with Gasteiger partial charge in [0.1, 0.15) is 14.0 Å². The van der Waals surface area contributed by atoms with Gasteiger partial charge in [-0.25, -0.2) is 4.57 Å². The lowest BCUT2D eigenvalue weighted by Crippen LogP contribution is -2.29. The van der Waals surface area contributed by atoms with E-state index < -0.39 is 43.9 Å². The second-order valence-corrected chi connectivity index (χ2v) is 11.8. The first-order valence-corrected chi connectivity index (χ1v) is 13.2. The van der Waals surface area contributed by atoms with E-state index in [0.717, 1.165) is 0 Å². The van der Waals surface area contributed by atoms with Gasteiger partial charge in [-0.2, -0.15) is 0 Å². The molecule has 2 aliphatic heterocycles.